The van der Waals surface area contributed by atoms with E-state index in [4.69, 9.17) is 21.8 Å². The van der Waals surface area contributed by atoms with Crippen LogP contribution in [0.3, 0.4) is 0 Å². The average Bonchev–Trinajstić information content (AvgIpc) is 2.93. The van der Waals surface area contributed by atoms with E-state index in [0.29, 0.717) is 5.02 Å². The SMILES string of the molecule is NC(c1cc2cc(Cl)ccc2o1)c1sccc1Br. The first-order valence-corrected chi connectivity index (χ1v) is 7.37. The average molecular weight is 343 g/mol. The van der Waals surface area contributed by atoms with Gasteiger partial charge in [0.05, 0.1) is 6.04 Å². The molecule has 0 aliphatic carbocycles. The molecule has 18 heavy (non-hydrogen) atoms. The van der Waals surface area contributed by atoms with Gasteiger partial charge in [0.25, 0.3) is 0 Å². The summed E-state index contributed by atoms with van der Waals surface area (Å²) in [5.74, 6) is 0.746. The van der Waals surface area contributed by atoms with Crippen LogP contribution in [0.15, 0.2) is 44.6 Å². The van der Waals surface area contributed by atoms with Gasteiger partial charge in [0.15, 0.2) is 0 Å². The largest absolute Gasteiger partial charge is 0.459 e. The van der Waals surface area contributed by atoms with Gasteiger partial charge in [-0.15, -0.1) is 11.3 Å². The molecule has 0 bridgehead atoms. The van der Waals surface area contributed by atoms with E-state index in [-0.39, 0.29) is 6.04 Å². The van der Waals surface area contributed by atoms with E-state index in [0.717, 1.165) is 26.1 Å². The molecule has 3 rings (SSSR count). The smallest absolute Gasteiger partial charge is 0.134 e. The fourth-order valence-electron chi connectivity index (χ4n) is 1.84. The maximum Gasteiger partial charge on any atom is 0.134 e. The van der Waals surface area contributed by atoms with Gasteiger partial charge in [-0.25, -0.2) is 0 Å². The Kier molecular flexibility index (Phi) is 3.20. The number of hydrogen-bond acceptors (Lipinski definition) is 3. The molecule has 0 saturated carbocycles. The molecule has 1 atom stereocenters. The van der Waals surface area contributed by atoms with Crippen molar-refractivity contribution in [3.63, 3.8) is 0 Å². The van der Waals surface area contributed by atoms with Crippen molar-refractivity contribution in [2.24, 2.45) is 5.73 Å². The van der Waals surface area contributed by atoms with Crippen LogP contribution in [0.25, 0.3) is 11.0 Å². The van der Waals surface area contributed by atoms with Gasteiger partial charge in [0, 0.05) is 19.8 Å². The van der Waals surface area contributed by atoms with Crippen molar-refractivity contribution in [2.45, 2.75) is 6.04 Å². The van der Waals surface area contributed by atoms with Gasteiger partial charge in [-0.3, -0.25) is 0 Å². The minimum atomic E-state index is -0.259. The number of nitrogens with two attached hydrogens (primary N) is 1. The zero-order chi connectivity index (χ0) is 12.7. The zero-order valence-electron chi connectivity index (χ0n) is 9.19. The van der Waals surface area contributed by atoms with Gasteiger partial charge in [-0.2, -0.15) is 0 Å². The minimum absolute atomic E-state index is 0.259. The lowest BCUT2D eigenvalue weighted by molar-refractivity contribution is 0.527. The predicted octanol–water partition coefficient (Wildman–Crippen LogP) is 4.96. The normalized spacial score (nSPS) is 13.1. The molecule has 2 aromatic heterocycles. The van der Waals surface area contributed by atoms with Gasteiger partial charge in [0.2, 0.25) is 0 Å². The predicted molar refractivity (Wildman–Crippen MR) is 79.3 cm³/mol. The third kappa shape index (κ3) is 2.10. The van der Waals surface area contributed by atoms with Gasteiger partial charge < -0.3 is 10.2 Å². The van der Waals surface area contributed by atoms with Crippen LogP contribution >= 0.6 is 38.9 Å². The first-order valence-electron chi connectivity index (χ1n) is 5.32. The highest BCUT2D eigenvalue weighted by Gasteiger charge is 2.17. The van der Waals surface area contributed by atoms with E-state index < -0.39 is 0 Å². The molecule has 0 aliphatic heterocycles. The highest BCUT2D eigenvalue weighted by atomic mass is 79.9. The fourth-order valence-corrected chi connectivity index (χ4v) is 3.65. The van der Waals surface area contributed by atoms with Crippen LogP contribution in [-0.2, 0) is 0 Å². The summed E-state index contributed by atoms with van der Waals surface area (Å²) in [6.07, 6.45) is 0. The summed E-state index contributed by atoms with van der Waals surface area (Å²) in [5, 5.41) is 3.67. The quantitative estimate of drug-likeness (QED) is 0.715. The molecule has 0 spiro atoms. The summed E-state index contributed by atoms with van der Waals surface area (Å²) in [4.78, 5) is 1.06. The number of fused-ring (bicyclic) bond motifs is 1. The summed E-state index contributed by atoms with van der Waals surface area (Å²) in [5.41, 5.74) is 7.02. The Morgan fingerprint density at radius 1 is 1.28 bits per heavy atom. The first-order chi connectivity index (χ1) is 8.65. The standard InChI is InChI=1S/C13H9BrClNOS/c14-9-3-4-18-13(9)12(16)11-6-7-5-8(15)1-2-10(7)17-11/h1-6,12H,16H2. The molecule has 0 saturated heterocycles. The lowest BCUT2D eigenvalue weighted by Gasteiger charge is -2.06. The number of rotatable bonds is 2. The Bertz CT molecular complexity index is 706. The second-order valence-corrected chi connectivity index (χ2v) is 6.18. The topological polar surface area (TPSA) is 39.2 Å². The lowest BCUT2D eigenvalue weighted by atomic mass is 10.2. The van der Waals surface area contributed by atoms with E-state index in [1.165, 1.54) is 0 Å². The van der Waals surface area contributed by atoms with Crippen molar-refractivity contribution in [3.05, 3.63) is 55.8 Å². The summed E-state index contributed by atoms with van der Waals surface area (Å²) in [7, 11) is 0. The van der Waals surface area contributed by atoms with Crippen molar-refractivity contribution < 1.29 is 4.42 Å². The van der Waals surface area contributed by atoms with Crippen LogP contribution in [0.2, 0.25) is 5.02 Å². The number of furan rings is 1. The zero-order valence-corrected chi connectivity index (χ0v) is 12.3. The molecule has 0 amide bonds. The van der Waals surface area contributed by atoms with Crippen LogP contribution in [0.1, 0.15) is 16.7 Å². The summed E-state index contributed by atoms with van der Waals surface area (Å²) in [6.45, 7) is 0. The number of benzene rings is 1. The number of thiophene rings is 1. The molecular formula is C13H9BrClNOS. The summed E-state index contributed by atoms with van der Waals surface area (Å²) >= 11 is 11.0. The second kappa shape index (κ2) is 4.70. The Labute approximate surface area is 121 Å². The molecule has 2 nitrogen and oxygen atoms in total. The lowest BCUT2D eigenvalue weighted by Crippen LogP contribution is -2.09. The fraction of sp³-hybridized carbons (Fsp3) is 0.0769. The van der Waals surface area contributed by atoms with Crippen LogP contribution < -0.4 is 5.73 Å². The number of hydrogen-bond donors (Lipinski definition) is 1. The molecule has 92 valence electrons. The van der Waals surface area contributed by atoms with Crippen LogP contribution in [0.5, 0.6) is 0 Å². The molecule has 3 aromatic rings. The number of halogens is 2. The van der Waals surface area contributed by atoms with Gasteiger partial charge in [-0.05, 0) is 51.6 Å². The molecule has 0 aliphatic rings. The van der Waals surface area contributed by atoms with E-state index in [9.17, 15) is 0 Å². The van der Waals surface area contributed by atoms with E-state index >= 15 is 0 Å². The highest BCUT2D eigenvalue weighted by Crippen LogP contribution is 2.34. The maximum atomic E-state index is 6.22. The van der Waals surface area contributed by atoms with Crippen LogP contribution in [-0.4, -0.2) is 0 Å². The van der Waals surface area contributed by atoms with E-state index in [1.807, 2.05) is 35.7 Å². The van der Waals surface area contributed by atoms with Crippen molar-refractivity contribution in [3.8, 4) is 0 Å². The summed E-state index contributed by atoms with van der Waals surface area (Å²) in [6, 6.07) is 9.21. The maximum absolute atomic E-state index is 6.22. The summed E-state index contributed by atoms with van der Waals surface area (Å²) < 4.78 is 6.78. The molecule has 5 heteroatoms. The Morgan fingerprint density at radius 3 is 2.83 bits per heavy atom. The van der Waals surface area contributed by atoms with Crippen LogP contribution in [0, 0.1) is 0 Å². The molecule has 2 heterocycles. The minimum Gasteiger partial charge on any atom is -0.459 e. The molecular weight excluding hydrogens is 334 g/mol. The Balaban J connectivity index is 2.07. The Morgan fingerprint density at radius 2 is 2.11 bits per heavy atom. The van der Waals surface area contributed by atoms with Crippen molar-refractivity contribution in [1.82, 2.24) is 0 Å². The van der Waals surface area contributed by atoms with Crippen molar-refractivity contribution in [2.75, 3.05) is 0 Å². The van der Waals surface area contributed by atoms with Gasteiger partial charge >= 0.3 is 0 Å². The van der Waals surface area contributed by atoms with Crippen LogP contribution in [0.4, 0.5) is 0 Å². The first kappa shape index (κ1) is 12.2. The van der Waals surface area contributed by atoms with E-state index in [1.54, 1.807) is 11.3 Å². The molecule has 1 unspecified atom stereocenters. The highest BCUT2D eigenvalue weighted by molar-refractivity contribution is 9.10. The van der Waals surface area contributed by atoms with Gasteiger partial charge in [0.1, 0.15) is 11.3 Å². The second-order valence-electron chi connectivity index (χ2n) is 3.94. The molecule has 0 fully saturated rings. The monoisotopic (exact) mass is 341 g/mol. The molecule has 0 radical (unpaired) electrons. The van der Waals surface area contributed by atoms with E-state index in [2.05, 4.69) is 15.9 Å². The third-order valence-electron chi connectivity index (χ3n) is 2.73. The molecule has 1 aromatic carbocycles. The Hall–Kier alpha value is -0.810. The van der Waals surface area contributed by atoms with Crippen molar-refractivity contribution >= 4 is 49.8 Å². The third-order valence-corrected chi connectivity index (χ3v) is 4.92. The molecule has 2 N–H and O–H groups in total. The van der Waals surface area contributed by atoms with Gasteiger partial charge in [-0.1, -0.05) is 11.6 Å². The van der Waals surface area contributed by atoms with Crippen molar-refractivity contribution in [1.29, 1.82) is 0 Å².